The lowest BCUT2D eigenvalue weighted by Crippen LogP contribution is -2.46. The minimum Gasteiger partial charge on any atom is -0.357 e. The van der Waals surface area contributed by atoms with Gasteiger partial charge in [0.15, 0.2) is 5.82 Å². The summed E-state index contributed by atoms with van der Waals surface area (Å²) in [5.41, 5.74) is -0.296. The molecule has 6 nitrogen and oxygen atoms in total. The predicted molar refractivity (Wildman–Crippen MR) is 72.4 cm³/mol. The lowest BCUT2D eigenvalue weighted by Gasteiger charge is -2.29. The standard InChI is InChI=1S/C11H18ClN5O/c1-16(6-7-17-4-2-13-3-5-17)10-9(12)11(18)15-8-14-10/h8,13H,2-7H2,1H3,(H,14,15,18). The third-order valence-electron chi connectivity index (χ3n) is 3.10. The molecule has 18 heavy (non-hydrogen) atoms. The SMILES string of the molecule is CN(CCN1CCNCC1)c1nc[nH]c(=O)c1Cl. The Labute approximate surface area is 111 Å². The monoisotopic (exact) mass is 271 g/mol. The largest absolute Gasteiger partial charge is 0.357 e. The van der Waals surface area contributed by atoms with E-state index in [1.165, 1.54) is 6.33 Å². The van der Waals surface area contributed by atoms with Crippen molar-refractivity contribution in [3.63, 3.8) is 0 Å². The average molecular weight is 272 g/mol. The normalized spacial score (nSPS) is 16.8. The summed E-state index contributed by atoms with van der Waals surface area (Å²) in [6.45, 7) is 5.94. The van der Waals surface area contributed by atoms with Crippen LogP contribution >= 0.6 is 11.6 Å². The van der Waals surface area contributed by atoms with Gasteiger partial charge in [-0.3, -0.25) is 9.69 Å². The van der Waals surface area contributed by atoms with E-state index in [-0.39, 0.29) is 10.6 Å². The maximum absolute atomic E-state index is 11.4. The van der Waals surface area contributed by atoms with Crippen molar-refractivity contribution in [1.82, 2.24) is 20.2 Å². The van der Waals surface area contributed by atoms with Gasteiger partial charge in [0.05, 0.1) is 6.33 Å². The first-order valence-corrected chi connectivity index (χ1v) is 6.43. The molecule has 1 aliphatic heterocycles. The first-order chi connectivity index (χ1) is 8.68. The van der Waals surface area contributed by atoms with Crippen LogP contribution in [0.1, 0.15) is 0 Å². The molecule has 2 N–H and O–H groups in total. The number of likely N-dealkylation sites (N-methyl/N-ethyl adjacent to an activating group) is 1. The summed E-state index contributed by atoms with van der Waals surface area (Å²) in [6, 6.07) is 0. The van der Waals surface area contributed by atoms with E-state index in [2.05, 4.69) is 20.2 Å². The molecule has 0 atom stereocenters. The number of H-pyrrole nitrogens is 1. The number of aromatic amines is 1. The van der Waals surface area contributed by atoms with Gasteiger partial charge in [-0.05, 0) is 0 Å². The van der Waals surface area contributed by atoms with Crippen molar-refractivity contribution in [3.05, 3.63) is 21.7 Å². The van der Waals surface area contributed by atoms with Gasteiger partial charge in [-0.25, -0.2) is 4.98 Å². The second-order valence-electron chi connectivity index (χ2n) is 4.38. The molecule has 7 heteroatoms. The van der Waals surface area contributed by atoms with Crippen LogP contribution in [0, 0.1) is 0 Å². The highest BCUT2D eigenvalue weighted by atomic mass is 35.5. The quantitative estimate of drug-likeness (QED) is 0.792. The zero-order chi connectivity index (χ0) is 13.0. The Morgan fingerprint density at radius 1 is 1.50 bits per heavy atom. The number of aromatic nitrogens is 2. The van der Waals surface area contributed by atoms with Crippen molar-refractivity contribution in [2.75, 3.05) is 51.2 Å². The molecular formula is C11H18ClN5O. The predicted octanol–water partition coefficient (Wildman–Crippen LogP) is -0.235. The second-order valence-corrected chi connectivity index (χ2v) is 4.76. The molecular weight excluding hydrogens is 254 g/mol. The summed E-state index contributed by atoms with van der Waals surface area (Å²) in [5, 5.41) is 3.47. The van der Waals surface area contributed by atoms with E-state index >= 15 is 0 Å². The van der Waals surface area contributed by atoms with Crippen LogP contribution in [0.4, 0.5) is 5.82 Å². The molecule has 1 aromatic rings. The molecule has 2 rings (SSSR count). The van der Waals surface area contributed by atoms with Gasteiger partial charge in [0, 0.05) is 46.3 Å². The summed E-state index contributed by atoms with van der Waals surface area (Å²) >= 11 is 5.94. The lowest BCUT2D eigenvalue weighted by molar-refractivity contribution is 0.246. The van der Waals surface area contributed by atoms with Crippen molar-refractivity contribution in [2.24, 2.45) is 0 Å². The number of nitrogens with zero attached hydrogens (tertiary/aromatic N) is 3. The summed E-state index contributed by atoms with van der Waals surface area (Å²) in [7, 11) is 1.90. The summed E-state index contributed by atoms with van der Waals surface area (Å²) in [4.78, 5) is 22.2. The molecule has 0 radical (unpaired) electrons. The van der Waals surface area contributed by atoms with E-state index in [0.717, 1.165) is 39.3 Å². The number of anilines is 1. The van der Waals surface area contributed by atoms with E-state index in [4.69, 9.17) is 11.6 Å². The Kier molecular flexibility index (Phi) is 4.57. The van der Waals surface area contributed by atoms with E-state index < -0.39 is 0 Å². The zero-order valence-electron chi connectivity index (χ0n) is 10.4. The molecule has 1 aliphatic rings. The third-order valence-corrected chi connectivity index (χ3v) is 3.44. The van der Waals surface area contributed by atoms with Gasteiger partial charge in [-0.2, -0.15) is 0 Å². The molecule has 0 spiro atoms. The van der Waals surface area contributed by atoms with Crippen LogP contribution in [0.3, 0.4) is 0 Å². The molecule has 1 fully saturated rings. The van der Waals surface area contributed by atoms with E-state index in [1.807, 2.05) is 11.9 Å². The number of hydrogen-bond acceptors (Lipinski definition) is 5. The average Bonchev–Trinajstić information content (AvgIpc) is 2.40. The number of rotatable bonds is 4. The molecule has 0 aliphatic carbocycles. The number of halogens is 1. The van der Waals surface area contributed by atoms with Crippen LogP contribution in [-0.2, 0) is 0 Å². The van der Waals surface area contributed by atoms with Crippen LogP contribution in [0.25, 0.3) is 0 Å². The van der Waals surface area contributed by atoms with Crippen molar-refractivity contribution in [2.45, 2.75) is 0 Å². The summed E-state index contributed by atoms with van der Waals surface area (Å²) in [6.07, 6.45) is 1.38. The van der Waals surface area contributed by atoms with Gasteiger partial charge in [-0.1, -0.05) is 11.6 Å². The molecule has 2 heterocycles. The zero-order valence-corrected chi connectivity index (χ0v) is 11.2. The fourth-order valence-corrected chi connectivity index (χ4v) is 2.22. The molecule has 1 saturated heterocycles. The van der Waals surface area contributed by atoms with E-state index in [1.54, 1.807) is 0 Å². The first kappa shape index (κ1) is 13.3. The Bertz CT molecular complexity index is 443. The van der Waals surface area contributed by atoms with Gasteiger partial charge in [-0.15, -0.1) is 0 Å². The van der Waals surface area contributed by atoms with Gasteiger partial charge < -0.3 is 15.2 Å². The minimum absolute atomic E-state index is 0.153. The van der Waals surface area contributed by atoms with Crippen LogP contribution < -0.4 is 15.8 Å². The number of piperazine rings is 1. The first-order valence-electron chi connectivity index (χ1n) is 6.06. The van der Waals surface area contributed by atoms with Crippen LogP contribution in [-0.4, -0.2) is 61.2 Å². The molecule has 0 saturated carbocycles. The van der Waals surface area contributed by atoms with E-state index in [9.17, 15) is 4.79 Å². The fraction of sp³-hybridized carbons (Fsp3) is 0.636. The summed E-state index contributed by atoms with van der Waals surface area (Å²) in [5.74, 6) is 0.538. The van der Waals surface area contributed by atoms with Gasteiger partial charge in [0.1, 0.15) is 5.02 Å². The number of hydrogen-bond donors (Lipinski definition) is 2. The summed E-state index contributed by atoms with van der Waals surface area (Å²) < 4.78 is 0. The highest BCUT2D eigenvalue weighted by Gasteiger charge is 2.13. The molecule has 100 valence electrons. The van der Waals surface area contributed by atoms with Crippen LogP contribution in [0.15, 0.2) is 11.1 Å². The fourth-order valence-electron chi connectivity index (χ4n) is 1.97. The second kappa shape index (κ2) is 6.17. The van der Waals surface area contributed by atoms with Crippen LogP contribution in [0.2, 0.25) is 5.02 Å². The Morgan fingerprint density at radius 3 is 2.94 bits per heavy atom. The van der Waals surface area contributed by atoms with Crippen molar-refractivity contribution in [3.8, 4) is 0 Å². The lowest BCUT2D eigenvalue weighted by atomic mass is 10.3. The minimum atomic E-state index is -0.296. The maximum Gasteiger partial charge on any atom is 0.271 e. The molecule has 0 unspecified atom stereocenters. The molecule has 0 aromatic carbocycles. The Hall–Kier alpha value is -1.11. The van der Waals surface area contributed by atoms with Crippen molar-refractivity contribution >= 4 is 17.4 Å². The van der Waals surface area contributed by atoms with Gasteiger partial charge >= 0.3 is 0 Å². The third kappa shape index (κ3) is 3.22. The highest BCUT2D eigenvalue weighted by Crippen LogP contribution is 2.16. The van der Waals surface area contributed by atoms with Gasteiger partial charge in [0.2, 0.25) is 0 Å². The smallest absolute Gasteiger partial charge is 0.271 e. The molecule has 0 bridgehead atoms. The van der Waals surface area contributed by atoms with Crippen LogP contribution in [0.5, 0.6) is 0 Å². The van der Waals surface area contributed by atoms with E-state index in [0.29, 0.717) is 5.82 Å². The molecule has 1 aromatic heterocycles. The highest BCUT2D eigenvalue weighted by molar-refractivity contribution is 6.32. The van der Waals surface area contributed by atoms with Crippen molar-refractivity contribution in [1.29, 1.82) is 0 Å². The van der Waals surface area contributed by atoms with Gasteiger partial charge in [0.25, 0.3) is 5.56 Å². The number of nitrogens with one attached hydrogen (secondary N) is 2. The topological polar surface area (TPSA) is 64.3 Å². The Balaban J connectivity index is 1.92. The Morgan fingerprint density at radius 2 is 2.22 bits per heavy atom. The maximum atomic E-state index is 11.4. The van der Waals surface area contributed by atoms with Crippen molar-refractivity contribution < 1.29 is 0 Å². The molecule has 0 amide bonds.